The highest BCUT2D eigenvalue weighted by molar-refractivity contribution is 7.90. The van der Waals surface area contributed by atoms with Crippen LogP contribution in [0.5, 0.6) is 0 Å². The first-order chi connectivity index (χ1) is 11.4. The molecule has 5 atom stereocenters. The van der Waals surface area contributed by atoms with Crippen LogP contribution in [0.15, 0.2) is 41.3 Å². The molecule has 3 aliphatic rings. The van der Waals surface area contributed by atoms with Gasteiger partial charge in [-0.05, 0) is 56.1 Å². The van der Waals surface area contributed by atoms with E-state index in [1.54, 1.807) is 12.1 Å². The third-order valence-electron chi connectivity index (χ3n) is 5.76. The van der Waals surface area contributed by atoms with E-state index in [4.69, 9.17) is 4.74 Å². The Hall–Kier alpha value is -1.82. The Morgan fingerprint density at radius 2 is 1.92 bits per heavy atom. The van der Waals surface area contributed by atoms with Crippen molar-refractivity contribution < 1.29 is 17.9 Å². The average Bonchev–Trinajstić information content (AvgIpc) is 3.19. The summed E-state index contributed by atoms with van der Waals surface area (Å²) in [5.74, 6) is 2.14. The molecule has 0 saturated heterocycles. The Bertz CT molecular complexity index is 784. The van der Waals surface area contributed by atoms with Crippen molar-refractivity contribution in [2.75, 3.05) is 0 Å². The number of fused-ring (bicyclic) bond motifs is 5. The first kappa shape index (κ1) is 15.7. The lowest BCUT2D eigenvalue weighted by atomic mass is 9.80. The number of nitrogens with one attached hydrogen (secondary N) is 1. The molecule has 1 aromatic rings. The van der Waals surface area contributed by atoms with Gasteiger partial charge in [-0.2, -0.15) is 0 Å². The lowest BCUT2D eigenvalue weighted by molar-refractivity contribution is 0.0454. The standard InChI is InChI=1S/C18H21NO4S/c1-11-5-7-13(8-6-11)24(21,22)19-18(20)23-17-10-12-9-16(17)15-4-2-3-14(12)15/h2,4-8,12,14-17H,3,9-10H2,1H3,(H,19,20). The molecule has 4 rings (SSSR count). The maximum absolute atomic E-state index is 12.2. The van der Waals surface area contributed by atoms with Crippen LogP contribution in [0.2, 0.25) is 0 Å². The zero-order valence-corrected chi connectivity index (χ0v) is 14.3. The number of ether oxygens (including phenoxy) is 1. The molecule has 0 spiro atoms. The minimum atomic E-state index is -3.89. The largest absolute Gasteiger partial charge is 0.445 e. The molecular formula is C18H21NO4S. The van der Waals surface area contributed by atoms with E-state index in [9.17, 15) is 13.2 Å². The molecule has 0 aliphatic heterocycles. The minimum absolute atomic E-state index is 0.0665. The van der Waals surface area contributed by atoms with Crippen molar-refractivity contribution in [3.8, 4) is 0 Å². The summed E-state index contributed by atoms with van der Waals surface area (Å²) in [6.07, 6.45) is 6.49. The molecule has 6 heteroatoms. The van der Waals surface area contributed by atoms with Crippen LogP contribution < -0.4 is 4.72 Å². The van der Waals surface area contributed by atoms with E-state index >= 15 is 0 Å². The highest BCUT2D eigenvalue weighted by Crippen LogP contribution is 2.57. The zero-order valence-electron chi connectivity index (χ0n) is 13.5. The molecule has 5 unspecified atom stereocenters. The molecule has 2 bridgehead atoms. The normalized spacial score (nSPS) is 33.5. The summed E-state index contributed by atoms with van der Waals surface area (Å²) in [6, 6.07) is 6.36. The SMILES string of the molecule is Cc1ccc(S(=O)(=O)NC(=O)OC2CC3CC2C2C=CCC32)cc1. The fourth-order valence-corrected chi connectivity index (χ4v) is 5.55. The molecule has 0 radical (unpaired) electrons. The molecule has 0 aromatic heterocycles. The monoisotopic (exact) mass is 347 g/mol. The summed E-state index contributed by atoms with van der Waals surface area (Å²) in [6.45, 7) is 1.87. The van der Waals surface area contributed by atoms with Crippen LogP contribution in [0, 0.1) is 30.6 Å². The van der Waals surface area contributed by atoms with Gasteiger partial charge in [0.2, 0.25) is 0 Å². The number of allylic oxidation sites excluding steroid dienone is 2. The van der Waals surface area contributed by atoms with Crippen molar-refractivity contribution >= 4 is 16.1 Å². The predicted molar refractivity (Wildman–Crippen MR) is 88.7 cm³/mol. The first-order valence-electron chi connectivity index (χ1n) is 8.41. The van der Waals surface area contributed by atoms with Crippen LogP contribution in [0.3, 0.4) is 0 Å². The van der Waals surface area contributed by atoms with E-state index in [1.807, 2.05) is 11.6 Å². The number of rotatable bonds is 3. The van der Waals surface area contributed by atoms with Gasteiger partial charge in [-0.15, -0.1) is 0 Å². The molecule has 3 aliphatic carbocycles. The second-order valence-electron chi connectivity index (χ2n) is 7.16. The molecule has 128 valence electrons. The van der Waals surface area contributed by atoms with Gasteiger partial charge in [0.1, 0.15) is 6.10 Å². The van der Waals surface area contributed by atoms with E-state index in [-0.39, 0.29) is 11.0 Å². The molecule has 0 heterocycles. The van der Waals surface area contributed by atoms with Crippen LogP contribution in [0.25, 0.3) is 0 Å². The van der Waals surface area contributed by atoms with E-state index in [0.717, 1.165) is 24.8 Å². The van der Waals surface area contributed by atoms with E-state index in [0.29, 0.717) is 23.7 Å². The Balaban J connectivity index is 1.40. The van der Waals surface area contributed by atoms with Crippen LogP contribution in [0.1, 0.15) is 24.8 Å². The Morgan fingerprint density at radius 3 is 2.67 bits per heavy atom. The minimum Gasteiger partial charge on any atom is -0.445 e. The van der Waals surface area contributed by atoms with Crippen LogP contribution >= 0.6 is 0 Å². The van der Waals surface area contributed by atoms with Gasteiger partial charge in [0, 0.05) is 5.92 Å². The maximum atomic E-state index is 12.2. The van der Waals surface area contributed by atoms with E-state index in [2.05, 4.69) is 12.2 Å². The molecular weight excluding hydrogens is 326 g/mol. The third kappa shape index (κ3) is 2.62. The topological polar surface area (TPSA) is 72.5 Å². The van der Waals surface area contributed by atoms with Crippen molar-refractivity contribution in [3.05, 3.63) is 42.0 Å². The smallest absolute Gasteiger partial charge is 0.421 e. The van der Waals surface area contributed by atoms with Gasteiger partial charge in [0.05, 0.1) is 4.90 Å². The number of hydrogen-bond acceptors (Lipinski definition) is 4. The van der Waals surface area contributed by atoms with Crippen LogP contribution in [-0.2, 0) is 14.8 Å². The van der Waals surface area contributed by atoms with Gasteiger partial charge in [-0.3, -0.25) is 0 Å². The summed E-state index contributed by atoms with van der Waals surface area (Å²) < 4.78 is 32.0. The van der Waals surface area contributed by atoms with Crippen LogP contribution in [-0.4, -0.2) is 20.6 Å². The lowest BCUT2D eigenvalue weighted by Gasteiger charge is -2.30. The summed E-state index contributed by atoms with van der Waals surface area (Å²) in [5, 5.41) is 0. The van der Waals surface area contributed by atoms with Crippen molar-refractivity contribution in [3.63, 3.8) is 0 Å². The number of sulfonamides is 1. The number of carbonyl (C=O) groups is 1. The summed E-state index contributed by atoms with van der Waals surface area (Å²) >= 11 is 0. The van der Waals surface area contributed by atoms with E-state index < -0.39 is 16.1 Å². The van der Waals surface area contributed by atoms with Crippen molar-refractivity contribution in [2.45, 2.75) is 37.2 Å². The van der Waals surface area contributed by atoms with Gasteiger partial charge in [0.15, 0.2) is 0 Å². The maximum Gasteiger partial charge on any atom is 0.421 e. The highest BCUT2D eigenvalue weighted by Gasteiger charge is 2.53. The summed E-state index contributed by atoms with van der Waals surface area (Å²) in [5.41, 5.74) is 0.956. The van der Waals surface area contributed by atoms with Gasteiger partial charge in [-0.25, -0.2) is 17.9 Å². The first-order valence-corrected chi connectivity index (χ1v) is 9.89. The molecule has 1 amide bonds. The third-order valence-corrected chi connectivity index (χ3v) is 7.08. The Kier molecular flexibility index (Phi) is 3.67. The molecule has 2 fully saturated rings. The van der Waals surface area contributed by atoms with Gasteiger partial charge < -0.3 is 4.74 Å². The Morgan fingerprint density at radius 1 is 1.17 bits per heavy atom. The van der Waals surface area contributed by atoms with Gasteiger partial charge in [0.25, 0.3) is 10.0 Å². The highest BCUT2D eigenvalue weighted by atomic mass is 32.2. The van der Waals surface area contributed by atoms with Crippen molar-refractivity contribution in [2.24, 2.45) is 23.7 Å². The molecule has 1 N–H and O–H groups in total. The number of carbonyl (C=O) groups excluding carboxylic acids is 1. The van der Waals surface area contributed by atoms with Gasteiger partial charge >= 0.3 is 6.09 Å². The molecule has 2 saturated carbocycles. The average molecular weight is 347 g/mol. The number of aryl methyl sites for hydroxylation is 1. The van der Waals surface area contributed by atoms with Crippen molar-refractivity contribution in [1.82, 2.24) is 4.72 Å². The summed E-state index contributed by atoms with van der Waals surface area (Å²) in [7, 11) is -3.89. The fraction of sp³-hybridized carbons (Fsp3) is 0.500. The van der Waals surface area contributed by atoms with Crippen LogP contribution in [0.4, 0.5) is 4.79 Å². The predicted octanol–water partition coefficient (Wildman–Crippen LogP) is 3.01. The number of benzene rings is 1. The zero-order chi connectivity index (χ0) is 16.9. The Labute approximate surface area is 142 Å². The second-order valence-corrected chi connectivity index (χ2v) is 8.85. The molecule has 24 heavy (non-hydrogen) atoms. The van der Waals surface area contributed by atoms with Gasteiger partial charge in [-0.1, -0.05) is 29.8 Å². The quantitative estimate of drug-likeness (QED) is 0.853. The molecule has 1 aromatic carbocycles. The van der Waals surface area contributed by atoms with E-state index in [1.165, 1.54) is 12.1 Å². The van der Waals surface area contributed by atoms with Crippen molar-refractivity contribution in [1.29, 1.82) is 0 Å². The summed E-state index contributed by atoms with van der Waals surface area (Å²) in [4.78, 5) is 12.2. The lowest BCUT2D eigenvalue weighted by Crippen LogP contribution is -2.38. The molecule has 5 nitrogen and oxygen atoms in total. The number of amides is 1. The second kappa shape index (κ2) is 5.62. The fourth-order valence-electron chi connectivity index (χ4n) is 4.67. The number of hydrogen-bond donors (Lipinski definition) is 1.